The van der Waals surface area contributed by atoms with E-state index in [0.717, 1.165) is 25.7 Å². The molecule has 0 aromatic heterocycles. The number of hydrogen-bond donors (Lipinski definition) is 0. The number of ether oxygens (including phenoxy) is 2. The van der Waals surface area contributed by atoms with Crippen molar-refractivity contribution in [3.8, 4) is 5.75 Å². The van der Waals surface area contributed by atoms with Crippen molar-refractivity contribution in [2.24, 2.45) is 5.92 Å². The Kier molecular flexibility index (Phi) is 4.25. The molecule has 1 aliphatic carbocycles. The lowest BCUT2D eigenvalue weighted by Crippen LogP contribution is -2.43. The van der Waals surface area contributed by atoms with E-state index >= 15 is 0 Å². The molecule has 1 aliphatic rings. The van der Waals surface area contributed by atoms with Crippen LogP contribution in [0.2, 0.25) is 0 Å². The molecule has 1 saturated carbocycles. The van der Waals surface area contributed by atoms with Crippen LogP contribution in [0.25, 0.3) is 0 Å². The maximum absolute atomic E-state index is 12.7. The molecule has 3 nitrogen and oxygen atoms in total. The summed E-state index contributed by atoms with van der Waals surface area (Å²) >= 11 is 0. The highest BCUT2D eigenvalue weighted by Gasteiger charge is 2.41. The van der Waals surface area contributed by atoms with Gasteiger partial charge in [-0.25, -0.2) is 0 Å². The van der Waals surface area contributed by atoms with Crippen LogP contribution < -0.4 is 4.74 Å². The van der Waals surface area contributed by atoms with Gasteiger partial charge in [-0.15, -0.1) is 0 Å². The zero-order valence-corrected chi connectivity index (χ0v) is 11.9. The first-order valence-corrected chi connectivity index (χ1v) is 6.85. The molecular weight excluding hydrogens is 240 g/mol. The Morgan fingerprint density at radius 3 is 2.53 bits per heavy atom. The highest BCUT2D eigenvalue weighted by molar-refractivity contribution is 6.02. The average Bonchev–Trinajstić information content (AvgIpc) is 2.48. The Hall–Kier alpha value is -1.35. The van der Waals surface area contributed by atoms with Gasteiger partial charge in [-0.2, -0.15) is 0 Å². The summed E-state index contributed by atoms with van der Waals surface area (Å²) in [7, 11) is 3.26. The van der Waals surface area contributed by atoms with Crippen molar-refractivity contribution >= 4 is 5.78 Å². The van der Waals surface area contributed by atoms with Gasteiger partial charge in [-0.05, 0) is 43.7 Å². The van der Waals surface area contributed by atoms with Crippen LogP contribution >= 0.6 is 0 Å². The van der Waals surface area contributed by atoms with Crippen LogP contribution in [0.3, 0.4) is 0 Å². The van der Waals surface area contributed by atoms with E-state index in [1.807, 2.05) is 18.2 Å². The largest absolute Gasteiger partial charge is 0.497 e. The summed E-state index contributed by atoms with van der Waals surface area (Å²) in [6.07, 6.45) is 3.70. The van der Waals surface area contributed by atoms with E-state index in [-0.39, 0.29) is 5.78 Å². The number of methoxy groups -OCH3 is 2. The molecule has 0 unspecified atom stereocenters. The minimum Gasteiger partial charge on any atom is -0.497 e. The number of carbonyl (C=O) groups excluding carboxylic acids is 1. The summed E-state index contributed by atoms with van der Waals surface area (Å²) in [5, 5.41) is 0. The summed E-state index contributed by atoms with van der Waals surface area (Å²) in [5.74, 6) is 1.48. The molecule has 0 atom stereocenters. The maximum atomic E-state index is 12.7. The van der Waals surface area contributed by atoms with Gasteiger partial charge >= 0.3 is 0 Å². The predicted molar refractivity (Wildman–Crippen MR) is 74.7 cm³/mol. The molecule has 104 valence electrons. The summed E-state index contributed by atoms with van der Waals surface area (Å²) in [4.78, 5) is 12.7. The SMILES string of the molecule is COc1cccc(C(=O)C2(OC)CCC(C)CC2)c1. The van der Waals surface area contributed by atoms with Crippen LogP contribution in [0, 0.1) is 5.92 Å². The average molecular weight is 262 g/mol. The molecule has 0 amide bonds. The Morgan fingerprint density at radius 2 is 1.95 bits per heavy atom. The molecule has 1 fully saturated rings. The van der Waals surface area contributed by atoms with Crippen molar-refractivity contribution in [2.45, 2.75) is 38.2 Å². The van der Waals surface area contributed by atoms with Gasteiger partial charge < -0.3 is 9.47 Å². The first-order chi connectivity index (χ1) is 9.11. The van der Waals surface area contributed by atoms with Crippen LogP contribution in [0.1, 0.15) is 43.0 Å². The van der Waals surface area contributed by atoms with Crippen molar-refractivity contribution in [3.63, 3.8) is 0 Å². The zero-order chi connectivity index (χ0) is 13.9. The van der Waals surface area contributed by atoms with Crippen molar-refractivity contribution in [2.75, 3.05) is 14.2 Å². The Morgan fingerprint density at radius 1 is 1.26 bits per heavy atom. The van der Waals surface area contributed by atoms with Crippen LogP contribution in [0.5, 0.6) is 5.75 Å². The van der Waals surface area contributed by atoms with Gasteiger partial charge in [-0.3, -0.25) is 4.79 Å². The first-order valence-electron chi connectivity index (χ1n) is 6.85. The summed E-state index contributed by atoms with van der Waals surface area (Å²) in [6, 6.07) is 7.32. The van der Waals surface area contributed by atoms with E-state index in [1.54, 1.807) is 20.3 Å². The molecule has 0 N–H and O–H groups in total. The van der Waals surface area contributed by atoms with E-state index in [0.29, 0.717) is 17.2 Å². The normalized spacial score (nSPS) is 27.0. The van der Waals surface area contributed by atoms with Gasteiger partial charge in [0.15, 0.2) is 5.78 Å². The highest BCUT2D eigenvalue weighted by Crippen LogP contribution is 2.37. The molecule has 0 saturated heterocycles. The summed E-state index contributed by atoms with van der Waals surface area (Å²) in [5.41, 5.74) is 0.0366. The number of ketones is 1. The van der Waals surface area contributed by atoms with Crippen LogP contribution in [0.4, 0.5) is 0 Å². The molecule has 0 spiro atoms. The van der Waals surface area contributed by atoms with Crippen molar-refractivity contribution in [1.82, 2.24) is 0 Å². The monoisotopic (exact) mass is 262 g/mol. The third-order valence-corrected chi connectivity index (χ3v) is 4.22. The maximum Gasteiger partial charge on any atom is 0.194 e. The van der Waals surface area contributed by atoms with E-state index < -0.39 is 5.60 Å². The minimum absolute atomic E-state index is 0.0841. The molecule has 1 aromatic rings. The third-order valence-electron chi connectivity index (χ3n) is 4.22. The van der Waals surface area contributed by atoms with Gasteiger partial charge in [0.2, 0.25) is 0 Å². The minimum atomic E-state index is -0.640. The topological polar surface area (TPSA) is 35.5 Å². The molecule has 19 heavy (non-hydrogen) atoms. The van der Waals surface area contributed by atoms with Gasteiger partial charge in [-0.1, -0.05) is 19.1 Å². The molecule has 0 aliphatic heterocycles. The lowest BCUT2D eigenvalue weighted by atomic mass is 9.75. The Balaban J connectivity index is 2.25. The number of carbonyl (C=O) groups is 1. The van der Waals surface area contributed by atoms with Crippen molar-refractivity contribution in [3.05, 3.63) is 29.8 Å². The van der Waals surface area contributed by atoms with E-state index in [1.165, 1.54) is 0 Å². The fraction of sp³-hybridized carbons (Fsp3) is 0.562. The van der Waals surface area contributed by atoms with Crippen LogP contribution in [-0.4, -0.2) is 25.6 Å². The second kappa shape index (κ2) is 5.74. The van der Waals surface area contributed by atoms with E-state index in [9.17, 15) is 4.79 Å². The van der Waals surface area contributed by atoms with Crippen LogP contribution in [-0.2, 0) is 4.74 Å². The first kappa shape index (κ1) is 14.1. The lowest BCUT2D eigenvalue weighted by Gasteiger charge is -2.37. The molecule has 2 rings (SSSR count). The number of benzene rings is 1. The number of hydrogen-bond acceptors (Lipinski definition) is 3. The summed E-state index contributed by atoms with van der Waals surface area (Å²) < 4.78 is 10.8. The Bertz CT molecular complexity index is 445. The van der Waals surface area contributed by atoms with E-state index in [4.69, 9.17) is 9.47 Å². The lowest BCUT2D eigenvalue weighted by molar-refractivity contribution is -0.0263. The van der Waals surface area contributed by atoms with Gasteiger partial charge in [0.1, 0.15) is 11.4 Å². The highest BCUT2D eigenvalue weighted by atomic mass is 16.5. The number of rotatable bonds is 4. The zero-order valence-electron chi connectivity index (χ0n) is 11.9. The molecule has 0 heterocycles. The molecule has 0 bridgehead atoms. The van der Waals surface area contributed by atoms with Gasteiger partial charge in [0.05, 0.1) is 7.11 Å². The quantitative estimate of drug-likeness (QED) is 0.779. The van der Waals surface area contributed by atoms with Crippen molar-refractivity contribution < 1.29 is 14.3 Å². The smallest absolute Gasteiger partial charge is 0.194 e. The van der Waals surface area contributed by atoms with Gasteiger partial charge in [0.25, 0.3) is 0 Å². The van der Waals surface area contributed by atoms with Gasteiger partial charge in [0, 0.05) is 12.7 Å². The predicted octanol–water partition coefficient (Wildman–Crippen LogP) is 3.47. The summed E-state index contributed by atoms with van der Waals surface area (Å²) in [6.45, 7) is 2.23. The van der Waals surface area contributed by atoms with Crippen LogP contribution in [0.15, 0.2) is 24.3 Å². The molecule has 1 aromatic carbocycles. The Labute approximate surface area is 114 Å². The van der Waals surface area contributed by atoms with Crippen molar-refractivity contribution in [1.29, 1.82) is 0 Å². The molecule has 0 radical (unpaired) electrons. The molecule has 3 heteroatoms. The van der Waals surface area contributed by atoms with E-state index in [2.05, 4.69) is 6.92 Å². The fourth-order valence-electron chi connectivity index (χ4n) is 2.78. The molecular formula is C16H22O3. The second-order valence-electron chi connectivity index (χ2n) is 5.44. The third kappa shape index (κ3) is 2.81. The number of Topliss-reactive ketones (excluding diaryl/α,β-unsaturated/α-hetero) is 1. The second-order valence-corrected chi connectivity index (χ2v) is 5.44. The fourth-order valence-corrected chi connectivity index (χ4v) is 2.78. The standard InChI is InChI=1S/C16H22O3/c1-12-7-9-16(19-3,10-8-12)15(17)13-5-4-6-14(11-13)18-2/h4-6,11-12H,7-10H2,1-3H3.